The van der Waals surface area contributed by atoms with Crippen molar-refractivity contribution in [3.63, 3.8) is 0 Å². The van der Waals surface area contributed by atoms with Gasteiger partial charge in [0.2, 0.25) is 5.91 Å². The van der Waals surface area contributed by atoms with Gasteiger partial charge < -0.3 is 10.2 Å². The predicted octanol–water partition coefficient (Wildman–Crippen LogP) is 5.02. The maximum Gasteiger partial charge on any atom is 0.255 e. The smallest absolute Gasteiger partial charge is 0.255 e. The Kier molecular flexibility index (Phi) is 5.49. The molecule has 0 bridgehead atoms. The first-order chi connectivity index (χ1) is 14.1. The number of benzene rings is 3. The molecule has 0 fully saturated rings. The number of carbonyl (C=O) groups excluding carboxylic acids is 2. The number of hydrogen-bond donors (Lipinski definition) is 1. The molecule has 1 unspecified atom stereocenters. The Hall–Kier alpha value is -2.92. The van der Waals surface area contributed by atoms with E-state index in [4.69, 9.17) is 0 Å². The summed E-state index contributed by atoms with van der Waals surface area (Å²) in [6, 6.07) is 24.2. The SMILES string of the molecule is CC(c1ccccc1)N1C(=O)c2cc(Br)ccc2[C@@H]1C(=O)NCc1ccccc1. The van der Waals surface area contributed by atoms with Crippen molar-refractivity contribution in [3.8, 4) is 0 Å². The van der Waals surface area contributed by atoms with Crippen LogP contribution in [0.4, 0.5) is 0 Å². The fourth-order valence-corrected chi connectivity index (χ4v) is 4.16. The Morgan fingerprint density at radius 2 is 1.69 bits per heavy atom. The molecule has 1 N–H and O–H groups in total. The van der Waals surface area contributed by atoms with Crippen molar-refractivity contribution in [2.24, 2.45) is 0 Å². The molecule has 2 atom stereocenters. The highest BCUT2D eigenvalue weighted by atomic mass is 79.9. The minimum absolute atomic E-state index is 0.127. The van der Waals surface area contributed by atoms with Gasteiger partial charge in [-0.15, -0.1) is 0 Å². The number of rotatable bonds is 5. The number of nitrogens with zero attached hydrogens (tertiary/aromatic N) is 1. The summed E-state index contributed by atoms with van der Waals surface area (Å²) in [4.78, 5) is 28.2. The zero-order valence-electron chi connectivity index (χ0n) is 16.0. The van der Waals surface area contributed by atoms with Crippen LogP contribution in [-0.4, -0.2) is 16.7 Å². The van der Waals surface area contributed by atoms with Crippen molar-refractivity contribution in [3.05, 3.63) is 106 Å². The average Bonchev–Trinajstić information content (AvgIpc) is 3.04. The molecule has 0 aromatic heterocycles. The fraction of sp³-hybridized carbons (Fsp3) is 0.167. The molecule has 0 saturated carbocycles. The minimum Gasteiger partial charge on any atom is -0.350 e. The van der Waals surface area contributed by atoms with E-state index >= 15 is 0 Å². The fourth-order valence-electron chi connectivity index (χ4n) is 3.80. The quantitative estimate of drug-likeness (QED) is 0.595. The molecule has 5 heteroatoms. The van der Waals surface area contributed by atoms with Crippen LogP contribution >= 0.6 is 15.9 Å². The van der Waals surface area contributed by atoms with E-state index in [9.17, 15) is 9.59 Å². The molecule has 146 valence electrons. The Balaban J connectivity index is 1.67. The second-order valence-corrected chi connectivity index (χ2v) is 8.05. The summed E-state index contributed by atoms with van der Waals surface area (Å²) in [7, 11) is 0. The van der Waals surface area contributed by atoms with Gasteiger partial charge in [-0.3, -0.25) is 9.59 Å². The highest BCUT2D eigenvalue weighted by Crippen LogP contribution is 2.40. The maximum absolute atomic E-state index is 13.3. The number of amides is 2. The molecule has 0 saturated heterocycles. The third-order valence-electron chi connectivity index (χ3n) is 5.31. The van der Waals surface area contributed by atoms with Crippen LogP contribution in [-0.2, 0) is 11.3 Å². The van der Waals surface area contributed by atoms with Crippen molar-refractivity contribution in [1.29, 1.82) is 0 Å². The highest BCUT2D eigenvalue weighted by Gasteiger charge is 2.43. The summed E-state index contributed by atoms with van der Waals surface area (Å²) in [5.74, 6) is -0.302. The second-order valence-electron chi connectivity index (χ2n) is 7.14. The lowest BCUT2D eigenvalue weighted by atomic mass is 10.0. The van der Waals surface area contributed by atoms with Gasteiger partial charge in [0.25, 0.3) is 5.91 Å². The number of carbonyl (C=O) groups is 2. The third kappa shape index (κ3) is 3.83. The standard InChI is InChI=1S/C24H21BrN2O2/c1-16(18-10-6-3-7-11-18)27-22(20-13-12-19(25)14-21(20)24(27)29)23(28)26-15-17-8-4-2-5-9-17/h2-14,16,22H,15H2,1H3,(H,26,28)/t16?,22-/m1/s1. The number of fused-ring (bicyclic) bond motifs is 1. The summed E-state index contributed by atoms with van der Waals surface area (Å²) >= 11 is 3.44. The van der Waals surface area contributed by atoms with Crippen LogP contribution in [0.3, 0.4) is 0 Å². The zero-order chi connectivity index (χ0) is 20.4. The van der Waals surface area contributed by atoms with Gasteiger partial charge in [0.1, 0.15) is 6.04 Å². The summed E-state index contributed by atoms with van der Waals surface area (Å²) < 4.78 is 0.822. The van der Waals surface area contributed by atoms with Crippen molar-refractivity contribution in [2.75, 3.05) is 0 Å². The van der Waals surface area contributed by atoms with E-state index in [1.165, 1.54) is 0 Å². The lowest BCUT2D eigenvalue weighted by Crippen LogP contribution is -2.40. The van der Waals surface area contributed by atoms with Crippen molar-refractivity contribution >= 4 is 27.7 Å². The number of nitrogens with one attached hydrogen (secondary N) is 1. The first kappa shape index (κ1) is 19.4. The van der Waals surface area contributed by atoms with E-state index in [0.717, 1.165) is 21.2 Å². The van der Waals surface area contributed by atoms with Crippen LogP contribution in [0.2, 0.25) is 0 Å². The van der Waals surface area contributed by atoms with E-state index in [1.54, 1.807) is 11.0 Å². The van der Waals surface area contributed by atoms with Gasteiger partial charge in [0.15, 0.2) is 0 Å². The van der Waals surface area contributed by atoms with Gasteiger partial charge in [-0.1, -0.05) is 82.7 Å². The summed E-state index contributed by atoms with van der Waals surface area (Å²) in [5, 5.41) is 3.01. The topological polar surface area (TPSA) is 49.4 Å². The van der Waals surface area contributed by atoms with Crippen LogP contribution < -0.4 is 5.32 Å². The van der Waals surface area contributed by atoms with Gasteiger partial charge in [-0.2, -0.15) is 0 Å². The first-order valence-corrected chi connectivity index (χ1v) is 10.3. The zero-order valence-corrected chi connectivity index (χ0v) is 17.6. The Morgan fingerprint density at radius 3 is 2.38 bits per heavy atom. The summed E-state index contributed by atoms with van der Waals surface area (Å²) in [5.41, 5.74) is 3.33. The van der Waals surface area contributed by atoms with Crippen molar-refractivity contribution in [2.45, 2.75) is 25.6 Å². The Morgan fingerprint density at radius 1 is 1.03 bits per heavy atom. The first-order valence-electron chi connectivity index (χ1n) is 9.55. The van der Waals surface area contributed by atoms with Crippen molar-refractivity contribution in [1.82, 2.24) is 10.2 Å². The van der Waals surface area contributed by atoms with Gasteiger partial charge >= 0.3 is 0 Å². The Bertz CT molecular complexity index is 1040. The third-order valence-corrected chi connectivity index (χ3v) is 5.80. The molecule has 2 amide bonds. The predicted molar refractivity (Wildman–Crippen MR) is 116 cm³/mol. The van der Waals surface area contributed by atoms with E-state index in [0.29, 0.717) is 12.1 Å². The lowest BCUT2D eigenvalue weighted by molar-refractivity contribution is -0.126. The normalized spacial score (nSPS) is 16.4. The molecule has 1 heterocycles. The molecule has 29 heavy (non-hydrogen) atoms. The van der Waals surface area contributed by atoms with Gasteiger partial charge in [0.05, 0.1) is 6.04 Å². The van der Waals surface area contributed by atoms with Gasteiger partial charge in [0, 0.05) is 16.6 Å². The molecule has 1 aliphatic rings. The molecule has 4 nitrogen and oxygen atoms in total. The van der Waals surface area contributed by atoms with Crippen LogP contribution in [0.1, 0.15) is 46.1 Å². The van der Waals surface area contributed by atoms with E-state index in [2.05, 4.69) is 21.2 Å². The number of hydrogen-bond acceptors (Lipinski definition) is 2. The monoisotopic (exact) mass is 448 g/mol. The van der Waals surface area contributed by atoms with E-state index in [-0.39, 0.29) is 17.9 Å². The van der Waals surface area contributed by atoms with Crippen LogP contribution in [0, 0.1) is 0 Å². The highest BCUT2D eigenvalue weighted by molar-refractivity contribution is 9.10. The van der Waals surface area contributed by atoms with E-state index in [1.807, 2.05) is 79.7 Å². The summed E-state index contributed by atoms with van der Waals surface area (Å²) in [6.07, 6.45) is 0. The van der Waals surface area contributed by atoms with Crippen LogP contribution in [0.25, 0.3) is 0 Å². The molecule has 3 aromatic rings. The largest absolute Gasteiger partial charge is 0.350 e. The Labute approximate surface area is 178 Å². The van der Waals surface area contributed by atoms with Crippen molar-refractivity contribution < 1.29 is 9.59 Å². The second kappa shape index (κ2) is 8.21. The molecule has 3 aromatic carbocycles. The maximum atomic E-state index is 13.3. The molecule has 4 rings (SSSR count). The molecular formula is C24H21BrN2O2. The lowest BCUT2D eigenvalue weighted by Gasteiger charge is -2.31. The van der Waals surface area contributed by atoms with Gasteiger partial charge in [-0.25, -0.2) is 0 Å². The average molecular weight is 449 g/mol. The molecule has 1 aliphatic heterocycles. The molecule has 0 radical (unpaired) electrons. The summed E-state index contributed by atoms with van der Waals surface area (Å²) in [6.45, 7) is 2.38. The van der Waals surface area contributed by atoms with E-state index < -0.39 is 6.04 Å². The molecule has 0 aliphatic carbocycles. The van der Waals surface area contributed by atoms with Crippen LogP contribution in [0.5, 0.6) is 0 Å². The molecule has 0 spiro atoms. The molecular weight excluding hydrogens is 428 g/mol. The number of halogens is 1. The van der Waals surface area contributed by atoms with Crippen LogP contribution in [0.15, 0.2) is 83.3 Å². The minimum atomic E-state index is -0.662. The van der Waals surface area contributed by atoms with Gasteiger partial charge in [-0.05, 0) is 35.7 Å².